The molecule has 0 fully saturated rings. The van der Waals surface area contributed by atoms with Crippen LogP contribution in [0.5, 0.6) is 0 Å². The molecule has 4 aromatic rings. The highest BCUT2D eigenvalue weighted by atomic mass is 79.9. The molecule has 2 N–H and O–H groups in total. The number of thiocarbonyl (C=S) groups is 1. The van der Waals surface area contributed by atoms with Gasteiger partial charge in [-0.15, -0.1) is 0 Å². The number of nitrogens with one attached hydrogen (secondary N) is 2. The zero-order valence-corrected chi connectivity index (χ0v) is 19.6. The number of fused-ring (bicyclic) bond motifs is 1. The smallest absolute Gasteiger partial charge is 0.257 e. The van der Waals surface area contributed by atoms with Crippen molar-refractivity contribution in [3.8, 4) is 11.5 Å². The lowest BCUT2D eigenvalue weighted by atomic mass is 10.1. The molecule has 0 aliphatic carbocycles. The van der Waals surface area contributed by atoms with E-state index in [4.69, 9.17) is 16.6 Å². The van der Waals surface area contributed by atoms with Crippen molar-refractivity contribution in [3.63, 3.8) is 0 Å². The van der Waals surface area contributed by atoms with Crippen molar-refractivity contribution >= 4 is 56.0 Å². The molecule has 0 unspecified atom stereocenters. The maximum Gasteiger partial charge on any atom is 0.257 e. The number of hydrogen-bond acceptors (Lipinski definition) is 4. The molecule has 0 aliphatic rings. The summed E-state index contributed by atoms with van der Waals surface area (Å²) in [6.07, 6.45) is 0. The van der Waals surface area contributed by atoms with E-state index in [1.54, 1.807) is 18.2 Å². The first kappa shape index (κ1) is 21.2. The summed E-state index contributed by atoms with van der Waals surface area (Å²) in [5.41, 5.74) is 6.99. The fourth-order valence-electron chi connectivity index (χ4n) is 3.15. The van der Waals surface area contributed by atoms with Crippen molar-refractivity contribution < 1.29 is 9.21 Å². The molecule has 1 aromatic heterocycles. The van der Waals surface area contributed by atoms with Crippen LogP contribution in [0.2, 0.25) is 0 Å². The van der Waals surface area contributed by atoms with Crippen LogP contribution >= 0.6 is 28.1 Å². The highest BCUT2D eigenvalue weighted by molar-refractivity contribution is 9.10. The average molecular weight is 494 g/mol. The molecule has 0 saturated heterocycles. The van der Waals surface area contributed by atoms with E-state index in [9.17, 15) is 4.79 Å². The SMILES string of the molecule is Cc1cc2nc(-c3ccc(C)c(NC(=S)NC(=O)c4cccc(Br)c4)c3)oc2cc1C. The molecule has 0 aliphatic heterocycles. The standard InChI is InChI=1S/C24H20BrN3O2S/c1-13-7-8-17(23-26-20-9-14(2)15(3)10-21(20)30-23)12-19(13)27-24(31)28-22(29)16-5-4-6-18(25)11-16/h4-12H,1-3H3,(H2,27,28,29,31). The van der Waals surface area contributed by atoms with Gasteiger partial charge in [-0.1, -0.05) is 28.1 Å². The topological polar surface area (TPSA) is 67.2 Å². The van der Waals surface area contributed by atoms with Crippen LogP contribution in [0.1, 0.15) is 27.0 Å². The van der Waals surface area contributed by atoms with Crippen LogP contribution in [0.15, 0.2) is 63.5 Å². The molecular formula is C24H20BrN3O2S. The fraction of sp³-hybridized carbons (Fsp3) is 0.125. The fourth-order valence-corrected chi connectivity index (χ4v) is 3.75. The maximum absolute atomic E-state index is 12.4. The number of carbonyl (C=O) groups is 1. The van der Waals surface area contributed by atoms with E-state index in [0.717, 1.165) is 38.0 Å². The largest absolute Gasteiger partial charge is 0.436 e. The van der Waals surface area contributed by atoms with Gasteiger partial charge in [-0.05, 0) is 92.1 Å². The minimum Gasteiger partial charge on any atom is -0.436 e. The summed E-state index contributed by atoms with van der Waals surface area (Å²) in [6.45, 7) is 6.07. The second-order valence-electron chi connectivity index (χ2n) is 7.37. The van der Waals surface area contributed by atoms with Crippen molar-refractivity contribution in [1.82, 2.24) is 10.3 Å². The van der Waals surface area contributed by atoms with Crippen molar-refractivity contribution in [2.24, 2.45) is 0 Å². The van der Waals surface area contributed by atoms with E-state index in [-0.39, 0.29) is 11.0 Å². The second kappa shape index (κ2) is 8.61. The molecule has 0 bridgehead atoms. The lowest BCUT2D eigenvalue weighted by Gasteiger charge is -2.12. The molecule has 0 saturated carbocycles. The lowest BCUT2D eigenvalue weighted by Crippen LogP contribution is -2.34. The number of anilines is 1. The number of carbonyl (C=O) groups excluding carboxylic acids is 1. The Morgan fingerprint density at radius 2 is 1.77 bits per heavy atom. The number of oxazole rings is 1. The Bertz CT molecular complexity index is 1290. The van der Waals surface area contributed by atoms with E-state index in [1.165, 1.54) is 5.56 Å². The maximum atomic E-state index is 12.4. The zero-order chi connectivity index (χ0) is 22.1. The van der Waals surface area contributed by atoms with Crippen LogP contribution in [-0.4, -0.2) is 16.0 Å². The normalized spacial score (nSPS) is 10.8. The van der Waals surface area contributed by atoms with Crippen molar-refractivity contribution in [1.29, 1.82) is 0 Å². The Kier molecular flexibility index (Phi) is 5.89. The highest BCUT2D eigenvalue weighted by Crippen LogP contribution is 2.29. The van der Waals surface area contributed by atoms with Crippen LogP contribution in [0.3, 0.4) is 0 Å². The van der Waals surface area contributed by atoms with Crippen LogP contribution in [-0.2, 0) is 0 Å². The molecule has 0 spiro atoms. The monoisotopic (exact) mass is 493 g/mol. The Hall–Kier alpha value is -3.03. The highest BCUT2D eigenvalue weighted by Gasteiger charge is 2.13. The zero-order valence-electron chi connectivity index (χ0n) is 17.2. The van der Waals surface area contributed by atoms with E-state index < -0.39 is 0 Å². The van der Waals surface area contributed by atoms with Crippen LogP contribution in [0.4, 0.5) is 5.69 Å². The van der Waals surface area contributed by atoms with Crippen LogP contribution < -0.4 is 10.6 Å². The number of hydrogen-bond donors (Lipinski definition) is 2. The quantitative estimate of drug-likeness (QED) is 0.327. The van der Waals surface area contributed by atoms with E-state index in [0.29, 0.717) is 11.5 Å². The third-order valence-electron chi connectivity index (χ3n) is 5.05. The molecule has 7 heteroatoms. The molecule has 0 radical (unpaired) electrons. The summed E-state index contributed by atoms with van der Waals surface area (Å²) in [6, 6.07) is 17.0. The van der Waals surface area contributed by atoms with Gasteiger partial charge >= 0.3 is 0 Å². The lowest BCUT2D eigenvalue weighted by molar-refractivity contribution is 0.0977. The minimum atomic E-state index is -0.280. The predicted octanol–water partition coefficient (Wildman–Crippen LogP) is 6.31. The van der Waals surface area contributed by atoms with Gasteiger partial charge in [-0.25, -0.2) is 4.98 Å². The molecule has 1 heterocycles. The van der Waals surface area contributed by atoms with Gasteiger partial charge in [0.25, 0.3) is 5.91 Å². The minimum absolute atomic E-state index is 0.217. The predicted molar refractivity (Wildman–Crippen MR) is 131 cm³/mol. The van der Waals surface area contributed by atoms with Gasteiger partial charge in [-0.2, -0.15) is 0 Å². The van der Waals surface area contributed by atoms with Crippen molar-refractivity contribution in [3.05, 3.63) is 81.3 Å². The first-order valence-corrected chi connectivity index (χ1v) is 10.9. The molecule has 1 amide bonds. The number of halogens is 1. The van der Waals surface area contributed by atoms with E-state index in [2.05, 4.69) is 38.5 Å². The third-order valence-corrected chi connectivity index (χ3v) is 5.75. The number of amides is 1. The summed E-state index contributed by atoms with van der Waals surface area (Å²) in [5.74, 6) is 0.254. The number of benzene rings is 3. The Labute approximate surface area is 194 Å². The summed E-state index contributed by atoms with van der Waals surface area (Å²) >= 11 is 8.72. The first-order chi connectivity index (χ1) is 14.8. The molecule has 5 nitrogen and oxygen atoms in total. The number of nitrogens with zero attached hydrogens (tertiary/aromatic N) is 1. The third kappa shape index (κ3) is 4.68. The molecular weight excluding hydrogens is 474 g/mol. The number of aromatic nitrogens is 1. The van der Waals surface area contributed by atoms with E-state index in [1.807, 2.05) is 50.2 Å². The summed E-state index contributed by atoms with van der Waals surface area (Å²) in [4.78, 5) is 17.1. The number of rotatable bonds is 3. The molecule has 156 valence electrons. The van der Waals surface area contributed by atoms with Gasteiger partial charge in [0, 0.05) is 21.3 Å². The average Bonchev–Trinajstić information content (AvgIpc) is 3.12. The van der Waals surface area contributed by atoms with Gasteiger partial charge in [0.05, 0.1) is 0 Å². The Morgan fingerprint density at radius 1 is 1.00 bits per heavy atom. The van der Waals surface area contributed by atoms with Crippen molar-refractivity contribution in [2.45, 2.75) is 20.8 Å². The summed E-state index contributed by atoms with van der Waals surface area (Å²) in [5, 5.41) is 6.04. The van der Waals surface area contributed by atoms with Gasteiger partial charge in [0.15, 0.2) is 10.7 Å². The number of aryl methyl sites for hydroxylation is 3. The van der Waals surface area contributed by atoms with Crippen LogP contribution in [0, 0.1) is 20.8 Å². The summed E-state index contributed by atoms with van der Waals surface area (Å²) < 4.78 is 6.80. The van der Waals surface area contributed by atoms with Gasteiger partial charge in [0.1, 0.15) is 5.52 Å². The molecule has 3 aromatic carbocycles. The van der Waals surface area contributed by atoms with Crippen LogP contribution in [0.25, 0.3) is 22.6 Å². The Morgan fingerprint density at radius 3 is 2.55 bits per heavy atom. The molecule has 0 atom stereocenters. The first-order valence-electron chi connectivity index (χ1n) is 9.67. The molecule has 31 heavy (non-hydrogen) atoms. The molecule has 4 rings (SSSR count). The Balaban J connectivity index is 1.55. The van der Waals surface area contributed by atoms with Gasteiger partial charge < -0.3 is 9.73 Å². The second-order valence-corrected chi connectivity index (χ2v) is 8.70. The summed E-state index contributed by atoms with van der Waals surface area (Å²) in [7, 11) is 0. The van der Waals surface area contributed by atoms with Gasteiger partial charge in [0.2, 0.25) is 5.89 Å². The van der Waals surface area contributed by atoms with Gasteiger partial charge in [-0.3, -0.25) is 10.1 Å². The van der Waals surface area contributed by atoms with Crippen molar-refractivity contribution in [2.75, 3.05) is 5.32 Å². The van der Waals surface area contributed by atoms with E-state index >= 15 is 0 Å².